The highest BCUT2D eigenvalue weighted by molar-refractivity contribution is 6.02. The van der Waals surface area contributed by atoms with E-state index in [-0.39, 0.29) is 12.2 Å². The molecule has 0 aromatic rings. The molecule has 0 atom stereocenters. The van der Waals surface area contributed by atoms with Gasteiger partial charge in [0, 0.05) is 12.2 Å². The van der Waals surface area contributed by atoms with E-state index in [0.29, 0.717) is 0 Å². The van der Waals surface area contributed by atoms with E-state index in [9.17, 15) is 28.8 Å². The van der Waals surface area contributed by atoms with Crippen molar-refractivity contribution >= 4 is 35.8 Å². The summed E-state index contributed by atoms with van der Waals surface area (Å²) in [5, 5.41) is 34.1. The highest BCUT2D eigenvalue weighted by Crippen LogP contribution is 2.08. The molecule has 0 fully saturated rings. The van der Waals surface area contributed by atoms with E-state index in [4.69, 9.17) is 20.4 Å². The summed E-state index contributed by atoms with van der Waals surface area (Å²) < 4.78 is 4.10. The zero-order valence-electron chi connectivity index (χ0n) is 11.2. The Hall–Kier alpha value is -3.50. The van der Waals surface area contributed by atoms with Gasteiger partial charge in [0.15, 0.2) is 0 Å². The number of rotatable bonds is 8. The van der Waals surface area contributed by atoms with Crippen molar-refractivity contribution in [2.24, 2.45) is 0 Å². The van der Waals surface area contributed by atoms with Crippen molar-refractivity contribution in [2.75, 3.05) is 0 Å². The number of hydrogen-bond acceptors (Lipinski definition) is 7. The first-order valence-corrected chi connectivity index (χ1v) is 5.60. The van der Waals surface area contributed by atoms with Crippen LogP contribution in [0.15, 0.2) is 23.3 Å². The summed E-state index contributed by atoms with van der Waals surface area (Å²) in [6.07, 6.45) is -1.67. The molecule has 0 bridgehead atoms. The van der Waals surface area contributed by atoms with Crippen LogP contribution < -0.4 is 0 Å². The average molecular weight is 330 g/mol. The van der Waals surface area contributed by atoms with Crippen molar-refractivity contribution in [2.45, 2.75) is 12.8 Å². The minimum Gasteiger partial charge on any atom is -0.478 e. The number of esters is 2. The van der Waals surface area contributed by atoms with Crippen LogP contribution in [0, 0.1) is 0 Å². The van der Waals surface area contributed by atoms with E-state index in [0.717, 1.165) is 0 Å². The third kappa shape index (κ3) is 8.39. The molecule has 0 aliphatic carbocycles. The zero-order valence-corrected chi connectivity index (χ0v) is 11.2. The standard InChI is InChI=1S/C12H10O11/c13-7(14)1-5(11(19)20)3-9(17)23-10(18)4-6(12(21)22)2-8(15)16/h1-2H,3-4H2,(H,13,14)(H,15,16)(H,19,20)(H,21,22). The van der Waals surface area contributed by atoms with Crippen LogP contribution >= 0.6 is 0 Å². The smallest absolute Gasteiger partial charge is 0.332 e. The van der Waals surface area contributed by atoms with Gasteiger partial charge in [0.1, 0.15) is 0 Å². The van der Waals surface area contributed by atoms with E-state index in [1.807, 2.05) is 0 Å². The zero-order chi connectivity index (χ0) is 18.2. The van der Waals surface area contributed by atoms with E-state index in [1.54, 1.807) is 0 Å². The lowest BCUT2D eigenvalue weighted by atomic mass is 10.1. The number of aliphatic carboxylic acids is 4. The molecule has 0 spiro atoms. The van der Waals surface area contributed by atoms with Crippen LogP contribution in [0.1, 0.15) is 12.8 Å². The SMILES string of the molecule is O=C(O)C=C(CC(=O)OC(=O)CC(=CC(=O)O)C(=O)O)C(=O)O. The topological polar surface area (TPSA) is 193 Å². The number of carbonyl (C=O) groups is 6. The maximum absolute atomic E-state index is 11.3. The largest absolute Gasteiger partial charge is 0.478 e. The summed E-state index contributed by atoms with van der Waals surface area (Å²) in [4.78, 5) is 64.6. The molecular formula is C12H10O11. The van der Waals surface area contributed by atoms with Crippen LogP contribution in [-0.2, 0) is 33.5 Å². The fraction of sp³-hybridized carbons (Fsp3) is 0.167. The summed E-state index contributed by atoms with van der Waals surface area (Å²) >= 11 is 0. The van der Waals surface area contributed by atoms with Gasteiger partial charge in [0.2, 0.25) is 0 Å². The normalized spacial score (nSPS) is 11.5. The Morgan fingerprint density at radius 1 is 0.652 bits per heavy atom. The third-order valence-corrected chi connectivity index (χ3v) is 2.04. The molecule has 0 aromatic carbocycles. The molecule has 0 saturated heterocycles. The Kier molecular flexibility index (Phi) is 7.39. The van der Waals surface area contributed by atoms with Gasteiger partial charge in [-0.2, -0.15) is 0 Å². The Bertz CT molecular complexity index is 569. The van der Waals surface area contributed by atoms with Crippen molar-refractivity contribution < 1.29 is 53.9 Å². The summed E-state index contributed by atoms with van der Waals surface area (Å²) in [5.74, 6) is -9.62. The molecular weight excluding hydrogens is 320 g/mol. The van der Waals surface area contributed by atoms with E-state index < -0.39 is 59.8 Å². The van der Waals surface area contributed by atoms with Gasteiger partial charge in [-0.25, -0.2) is 19.2 Å². The molecule has 0 radical (unpaired) electrons. The highest BCUT2D eigenvalue weighted by atomic mass is 16.6. The number of carboxylic acids is 4. The van der Waals surface area contributed by atoms with Gasteiger partial charge in [0.25, 0.3) is 0 Å². The van der Waals surface area contributed by atoms with Crippen molar-refractivity contribution in [3.05, 3.63) is 23.3 Å². The quantitative estimate of drug-likeness (QED) is 0.243. The summed E-state index contributed by atoms with van der Waals surface area (Å²) in [6.45, 7) is 0. The molecule has 23 heavy (non-hydrogen) atoms. The Labute approximate surface area is 127 Å². The van der Waals surface area contributed by atoms with Crippen LogP contribution in [0.2, 0.25) is 0 Å². The van der Waals surface area contributed by atoms with Gasteiger partial charge in [-0.3, -0.25) is 9.59 Å². The molecule has 0 aliphatic rings. The summed E-state index contributed by atoms with van der Waals surface area (Å²) in [7, 11) is 0. The second-order valence-corrected chi connectivity index (χ2v) is 3.83. The van der Waals surface area contributed by atoms with Gasteiger partial charge in [-0.15, -0.1) is 0 Å². The molecule has 11 heteroatoms. The molecule has 11 nitrogen and oxygen atoms in total. The van der Waals surface area contributed by atoms with E-state index in [2.05, 4.69) is 4.74 Å². The first kappa shape index (κ1) is 19.5. The number of carbonyl (C=O) groups excluding carboxylic acids is 2. The summed E-state index contributed by atoms with van der Waals surface area (Å²) in [6, 6.07) is 0. The van der Waals surface area contributed by atoms with Crippen LogP contribution in [-0.4, -0.2) is 56.2 Å². The molecule has 0 aliphatic heterocycles. The molecule has 0 heterocycles. The van der Waals surface area contributed by atoms with Gasteiger partial charge in [0.05, 0.1) is 24.0 Å². The lowest BCUT2D eigenvalue weighted by Crippen LogP contribution is -2.18. The van der Waals surface area contributed by atoms with E-state index >= 15 is 0 Å². The second kappa shape index (κ2) is 8.71. The fourth-order valence-electron chi connectivity index (χ4n) is 1.18. The van der Waals surface area contributed by atoms with Crippen LogP contribution in [0.3, 0.4) is 0 Å². The maximum atomic E-state index is 11.3. The molecule has 4 N–H and O–H groups in total. The van der Waals surface area contributed by atoms with Crippen LogP contribution in [0.5, 0.6) is 0 Å². The van der Waals surface area contributed by atoms with Crippen molar-refractivity contribution in [1.29, 1.82) is 0 Å². The third-order valence-electron chi connectivity index (χ3n) is 2.04. The Morgan fingerprint density at radius 3 is 1.17 bits per heavy atom. The molecule has 0 saturated carbocycles. The van der Waals surface area contributed by atoms with Gasteiger partial charge < -0.3 is 25.2 Å². The minimum absolute atomic E-state index is 0.223. The molecule has 0 unspecified atom stereocenters. The molecule has 124 valence electrons. The van der Waals surface area contributed by atoms with Crippen LogP contribution in [0.4, 0.5) is 0 Å². The number of carboxylic acid groups (broad SMARTS) is 4. The fourth-order valence-corrected chi connectivity index (χ4v) is 1.18. The monoisotopic (exact) mass is 330 g/mol. The van der Waals surface area contributed by atoms with Crippen molar-refractivity contribution in [3.8, 4) is 0 Å². The molecule has 0 rings (SSSR count). The predicted octanol–water partition coefficient (Wildman–Crippen LogP) is -0.972. The lowest BCUT2D eigenvalue weighted by Gasteiger charge is -2.04. The highest BCUT2D eigenvalue weighted by Gasteiger charge is 2.21. The Balaban J connectivity index is 4.87. The summed E-state index contributed by atoms with van der Waals surface area (Å²) in [5.41, 5.74) is -1.73. The predicted molar refractivity (Wildman–Crippen MR) is 67.0 cm³/mol. The minimum atomic E-state index is -1.73. The first-order valence-electron chi connectivity index (χ1n) is 5.60. The Morgan fingerprint density at radius 2 is 0.957 bits per heavy atom. The van der Waals surface area contributed by atoms with Gasteiger partial charge in [-0.05, 0) is 0 Å². The van der Waals surface area contributed by atoms with Crippen LogP contribution in [0.25, 0.3) is 0 Å². The number of ether oxygens (including phenoxy) is 1. The second-order valence-electron chi connectivity index (χ2n) is 3.83. The molecule has 0 amide bonds. The average Bonchev–Trinajstić information content (AvgIpc) is 2.35. The van der Waals surface area contributed by atoms with Gasteiger partial charge >= 0.3 is 35.8 Å². The number of hydrogen-bond donors (Lipinski definition) is 4. The lowest BCUT2D eigenvalue weighted by molar-refractivity contribution is -0.159. The van der Waals surface area contributed by atoms with Crippen molar-refractivity contribution in [1.82, 2.24) is 0 Å². The van der Waals surface area contributed by atoms with Gasteiger partial charge in [-0.1, -0.05) is 0 Å². The van der Waals surface area contributed by atoms with E-state index in [1.165, 1.54) is 0 Å². The molecule has 0 aromatic heterocycles. The maximum Gasteiger partial charge on any atom is 0.332 e. The van der Waals surface area contributed by atoms with Crippen molar-refractivity contribution in [3.63, 3.8) is 0 Å². The first-order chi connectivity index (χ1) is 10.5.